The zero-order chi connectivity index (χ0) is 11.9. The Labute approximate surface area is 93.3 Å². The molecule has 1 heterocycles. The van der Waals surface area contributed by atoms with Gasteiger partial charge in [0.25, 0.3) is 5.56 Å². The fourth-order valence-corrected chi connectivity index (χ4v) is 1.53. The van der Waals surface area contributed by atoms with Crippen molar-refractivity contribution in [3.63, 3.8) is 0 Å². The number of aromatic amines is 1. The third-order valence-corrected chi connectivity index (χ3v) is 2.41. The summed E-state index contributed by atoms with van der Waals surface area (Å²) in [5.41, 5.74) is -0.978. The van der Waals surface area contributed by atoms with Crippen molar-refractivity contribution >= 4 is 28.5 Å². The number of H-pyrrole nitrogens is 1. The zero-order valence-electron chi connectivity index (χ0n) is 7.75. The van der Waals surface area contributed by atoms with Gasteiger partial charge in [0.05, 0.1) is 10.5 Å². The lowest BCUT2D eigenvalue weighted by atomic mass is 10.1. The van der Waals surface area contributed by atoms with Crippen LogP contribution in [0.3, 0.4) is 0 Å². The van der Waals surface area contributed by atoms with Crippen LogP contribution < -0.4 is 5.56 Å². The highest BCUT2D eigenvalue weighted by Crippen LogP contribution is 2.21. The number of pyridine rings is 1. The summed E-state index contributed by atoms with van der Waals surface area (Å²) in [5.74, 6) is -2.02. The topological polar surface area (TPSA) is 70.2 Å². The first-order valence-corrected chi connectivity index (χ1v) is 4.62. The third-order valence-electron chi connectivity index (χ3n) is 2.12. The third kappa shape index (κ3) is 1.65. The monoisotopic (exact) mass is 241 g/mol. The van der Waals surface area contributed by atoms with Crippen LogP contribution in [0, 0.1) is 5.82 Å². The van der Waals surface area contributed by atoms with Gasteiger partial charge in [0, 0.05) is 5.39 Å². The van der Waals surface area contributed by atoms with Gasteiger partial charge in [-0.1, -0.05) is 11.6 Å². The number of halogens is 2. The van der Waals surface area contributed by atoms with Crippen molar-refractivity contribution in [2.75, 3.05) is 0 Å². The minimum Gasteiger partial charge on any atom is -0.477 e. The van der Waals surface area contributed by atoms with Crippen LogP contribution in [0.2, 0.25) is 5.02 Å². The highest BCUT2D eigenvalue weighted by atomic mass is 35.5. The first kappa shape index (κ1) is 10.6. The second-order valence-corrected chi connectivity index (χ2v) is 3.58. The maximum Gasteiger partial charge on any atom is 0.341 e. The summed E-state index contributed by atoms with van der Waals surface area (Å²) in [6.07, 6.45) is 0. The van der Waals surface area contributed by atoms with Gasteiger partial charge in [0.1, 0.15) is 11.4 Å². The van der Waals surface area contributed by atoms with E-state index in [0.29, 0.717) is 5.39 Å². The molecule has 0 spiro atoms. The van der Waals surface area contributed by atoms with Gasteiger partial charge in [-0.15, -0.1) is 0 Å². The summed E-state index contributed by atoms with van der Waals surface area (Å²) in [7, 11) is 0. The van der Waals surface area contributed by atoms with E-state index in [1.807, 2.05) is 0 Å². The molecule has 2 aromatic rings. The molecule has 4 nitrogen and oxygen atoms in total. The first-order valence-electron chi connectivity index (χ1n) is 4.24. The van der Waals surface area contributed by atoms with Gasteiger partial charge in [0.15, 0.2) is 0 Å². The number of fused-ring (bicyclic) bond motifs is 1. The quantitative estimate of drug-likeness (QED) is 0.802. The lowest BCUT2D eigenvalue weighted by molar-refractivity contribution is 0.0695. The van der Waals surface area contributed by atoms with Crippen LogP contribution in [0.15, 0.2) is 23.0 Å². The Bertz CT molecular complexity index is 650. The molecular weight excluding hydrogens is 237 g/mol. The number of hydrogen-bond donors (Lipinski definition) is 2. The molecule has 16 heavy (non-hydrogen) atoms. The van der Waals surface area contributed by atoms with Gasteiger partial charge in [-0.2, -0.15) is 0 Å². The SMILES string of the molecule is O=C(O)c1cc2cc(Cl)c(F)cc2[nH]c1=O. The molecule has 82 valence electrons. The van der Waals surface area contributed by atoms with Crippen molar-refractivity contribution in [3.05, 3.63) is 45.0 Å². The molecule has 0 bridgehead atoms. The number of rotatable bonds is 1. The molecule has 0 amide bonds. The van der Waals surface area contributed by atoms with Crippen LogP contribution in [0.25, 0.3) is 10.9 Å². The highest BCUT2D eigenvalue weighted by Gasteiger charge is 2.11. The Balaban J connectivity index is 2.85. The minimum atomic E-state index is -1.34. The van der Waals surface area contributed by atoms with E-state index in [-0.39, 0.29) is 10.5 Å². The molecule has 0 saturated carbocycles. The van der Waals surface area contributed by atoms with Crippen LogP contribution in [-0.2, 0) is 0 Å². The number of carbonyl (C=O) groups is 1. The van der Waals surface area contributed by atoms with E-state index in [1.165, 1.54) is 6.07 Å². The number of carboxylic acids is 1. The predicted octanol–water partition coefficient (Wildman–Crippen LogP) is 2.02. The summed E-state index contributed by atoms with van der Waals surface area (Å²) in [5, 5.41) is 8.96. The standard InChI is InChI=1S/C10H5ClFNO3/c11-6-2-4-1-5(10(15)16)9(14)13-8(4)3-7(6)12/h1-3H,(H,13,14)(H,15,16). The van der Waals surface area contributed by atoms with Crippen molar-refractivity contribution in [2.24, 2.45) is 0 Å². The second-order valence-electron chi connectivity index (χ2n) is 3.17. The Morgan fingerprint density at radius 1 is 1.38 bits per heavy atom. The molecule has 2 rings (SSSR count). The molecule has 0 radical (unpaired) electrons. The van der Waals surface area contributed by atoms with E-state index >= 15 is 0 Å². The Morgan fingerprint density at radius 2 is 2.06 bits per heavy atom. The molecule has 0 aliphatic rings. The Kier molecular flexibility index (Phi) is 2.40. The maximum atomic E-state index is 13.1. The molecule has 0 fully saturated rings. The largest absolute Gasteiger partial charge is 0.477 e. The fourth-order valence-electron chi connectivity index (χ4n) is 1.36. The van der Waals surface area contributed by atoms with Crippen molar-refractivity contribution in [3.8, 4) is 0 Å². The fraction of sp³-hybridized carbons (Fsp3) is 0. The van der Waals surface area contributed by atoms with Crippen LogP contribution in [0.5, 0.6) is 0 Å². The lowest BCUT2D eigenvalue weighted by Crippen LogP contribution is -2.16. The molecule has 0 saturated heterocycles. The average molecular weight is 242 g/mol. The predicted molar refractivity (Wildman–Crippen MR) is 56.5 cm³/mol. The molecule has 0 aliphatic carbocycles. The van der Waals surface area contributed by atoms with Crippen molar-refractivity contribution in [2.45, 2.75) is 0 Å². The van der Waals surface area contributed by atoms with E-state index in [4.69, 9.17) is 16.7 Å². The first-order chi connectivity index (χ1) is 7.49. The summed E-state index contributed by atoms with van der Waals surface area (Å²) in [4.78, 5) is 24.2. The number of aromatic carboxylic acids is 1. The summed E-state index contributed by atoms with van der Waals surface area (Å²) < 4.78 is 13.1. The maximum absolute atomic E-state index is 13.1. The van der Waals surface area contributed by atoms with E-state index in [0.717, 1.165) is 12.1 Å². The molecule has 0 atom stereocenters. The molecule has 1 aromatic heterocycles. The molecule has 0 unspecified atom stereocenters. The van der Waals surface area contributed by atoms with Crippen LogP contribution in [0.1, 0.15) is 10.4 Å². The van der Waals surface area contributed by atoms with E-state index < -0.39 is 22.9 Å². The minimum absolute atomic E-state index is 0.129. The van der Waals surface area contributed by atoms with E-state index in [9.17, 15) is 14.0 Å². The zero-order valence-corrected chi connectivity index (χ0v) is 8.51. The number of aromatic nitrogens is 1. The number of nitrogens with one attached hydrogen (secondary N) is 1. The van der Waals surface area contributed by atoms with Gasteiger partial charge in [-0.25, -0.2) is 9.18 Å². The Morgan fingerprint density at radius 3 is 2.69 bits per heavy atom. The molecular formula is C10H5ClFNO3. The van der Waals surface area contributed by atoms with Gasteiger partial charge in [0.2, 0.25) is 0 Å². The Hall–Kier alpha value is -1.88. The van der Waals surface area contributed by atoms with Crippen molar-refractivity contribution in [1.82, 2.24) is 4.98 Å². The van der Waals surface area contributed by atoms with E-state index in [2.05, 4.69) is 4.98 Å². The van der Waals surface area contributed by atoms with Gasteiger partial charge < -0.3 is 10.1 Å². The van der Waals surface area contributed by atoms with Crippen LogP contribution in [0.4, 0.5) is 4.39 Å². The number of hydrogen-bond acceptors (Lipinski definition) is 2. The van der Waals surface area contributed by atoms with Crippen molar-refractivity contribution < 1.29 is 14.3 Å². The summed E-state index contributed by atoms with van der Waals surface area (Å²) in [6.45, 7) is 0. The van der Waals surface area contributed by atoms with Crippen LogP contribution in [-0.4, -0.2) is 16.1 Å². The lowest BCUT2D eigenvalue weighted by Gasteiger charge is -2.01. The molecule has 0 aliphatic heterocycles. The van der Waals surface area contributed by atoms with Gasteiger partial charge in [-0.05, 0) is 18.2 Å². The second kappa shape index (κ2) is 3.61. The summed E-state index contributed by atoms with van der Waals surface area (Å²) >= 11 is 5.54. The number of benzene rings is 1. The average Bonchev–Trinajstić information content (AvgIpc) is 2.19. The molecule has 2 N–H and O–H groups in total. The van der Waals surface area contributed by atoms with E-state index in [1.54, 1.807) is 0 Å². The summed E-state index contributed by atoms with van der Waals surface area (Å²) in [6, 6.07) is 3.46. The van der Waals surface area contributed by atoms with Gasteiger partial charge in [-0.3, -0.25) is 4.79 Å². The smallest absolute Gasteiger partial charge is 0.341 e. The van der Waals surface area contributed by atoms with Crippen molar-refractivity contribution in [1.29, 1.82) is 0 Å². The highest BCUT2D eigenvalue weighted by molar-refractivity contribution is 6.31. The van der Waals surface area contributed by atoms with Gasteiger partial charge >= 0.3 is 5.97 Å². The number of carboxylic acid groups (broad SMARTS) is 1. The van der Waals surface area contributed by atoms with Crippen LogP contribution >= 0.6 is 11.6 Å². The normalized spacial score (nSPS) is 10.6. The molecule has 1 aromatic carbocycles. The molecule has 6 heteroatoms.